The van der Waals surface area contributed by atoms with Gasteiger partial charge in [-0.25, -0.2) is 4.79 Å². The van der Waals surface area contributed by atoms with Crippen LogP contribution in [0.2, 0.25) is 0 Å². The third-order valence-electron chi connectivity index (χ3n) is 3.57. The highest BCUT2D eigenvalue weighted by Crippen LogP contribution is 2.10. The van der Waals surface area contributed by atoms with Crippen molar-refractivity contribution in [1.82, 2.24) is 0 Å². The molecule has 0 bridgehead atoms. The van der Waals surface area contributed by atoms with Gasteiger partial charge in [-0.3, -0.25) is 4.79 Å². The van der Waals surface area contributed by atoms with Crippen LogP contribution >= 0.6 is 0 Å². The summed E-state index contributed by atoms with van der Waals surface area (Å²) >= 11 is 0. The van der Waals surface area contributed by atoms with Gasteiger partial charge in [-0.05, 0) is 12.1 Å². The van der Waals surface area contributed by atoms with Crippen LogP contribution in [0.3, 0.4) is 0 Å². The first-order valence-electron chi connectivity index (χ1n) is 6.40. The van der Waals surface area contributed by atoms with Gasteiger partial charge in [-0.1, -0.05) is 0 Å². The molecule has 1 fully saturated rings. The molecule has 104 valence electrons. The third kappa shape index (κ3) is 3.35. The standard InChI is InChI=1S/C13H18N2O4/c1-18-13(17)11-3-2-10(19-11)8-15-6-4-9(5-7-15)12(14)16/h2-3,9H,4-8H2,1H3,(H2,14,16)/p+1. The molecule has 1 amide bonds. The Balaban J connectivity index is 1.87. The first-order chi connectivity index (χ1) is 9.10. The summed E-state index contributed by atoms with van der Waals surface area (Å²) in [6, 6.07) is 3.41. The Bertz CT molecular complexity index is 461. The molecule has 0 radical (unpaired) electrons. The van der Waals surface area contributed by atoms with Crippen LogP contribution < -0.4 is 10.6 Å². The van der Waals surface area contributed by atoms with Crippen molar-refractivity contribution >= 4 is 11.9 Å². The van der Waals surface area contributed by atoms with Crippen molar-refractivity contribution in [2.24, 2.45) is 11.7 Å². The minimum Gasteiger partial charge on any atom is -0.463 e. The number of piperidine rings is 1. The van der Waals surface area contributed by atoms with Gasteiger partial charge in [-0.2, -0.15) is 0 Å². The summed E-state index contributed by atoms with van der Waals surface area (Å²) in [5, 5.41) is 0. The number of nitrogens with two attached hydrogens (primary N) is 1. The summed E-state index contributed by atoms with van der Waals surface area (Å²) in [4.78, 5) is 23.7. The number of hydrogen-bond acceptors (Lipinski definition) is 4. The van der Waals surface area contributed by atoms with Gasteiger partial charge >= 0.3 is 5.97 Å². The fourth-order valence-electron chi connectivity index (χ4n) is 2.42. The molecule has 1 aliphatic rings. The number of carbonyl (C=O) groups excluding carboxylic acids is 2. The zero-order chi connectivity index (χ0) is 13.8. The van der Waals surface area contributed by atoms with Crippen molar-refractivity contribution in [3.63, 3.8) is 0 Å². The summed E-state index contributed by atoms with van der Waals surface area (Å²) in [5.74, 6) is 0.321. The first-order valence-corrected chi connectivity index (χ1v) is 6.40. The van der Waals surface area contributed by atoms with Crippen LogP contribution in [-0.2, 0) is 16.1 Å². The maximum atomic E-state index is 11.3. The number of amides is 1. The normalized spacial score (nSPS) is 23.0. The number of ether oxygens (including phenoxy) is 1. The number of hydrogen-bond donors (Lipinski definition) is 2. The van der Waals surface area contributed by atoms with Crippen LogP contribution in [0, 0.1) is 5.92 Å². The molecule has 1 aromatic heterocycles. The van der Waals surface area contributed by atoms with E-state index in [1.165, 1.54) is 12.0 Å². The van der Waals surface area contributed by atoms with E-state index in [4.69, 9.17) is 10.2 Å². The maximum absolute atomic E-state index is 11.3. The van der Waals surface area contributed by atoms with Gasteiger partial charge in [0.15, 0.2) is 5.76 Å². The lowest BCUT2D eigenvalue weighted by atomic mass is 9.96. The molecule has 0 unspecified atom stereocenters. The average Bonchev–Trinajstić information content (AvgIpc) is 2.87. The number of primary amides is 1. The Kier molecular flexibility index (Phi) is 4.21. The lowest BCUT2D eigenvalue weighted by Crippen LogP contribution is -3.11. The van der Waals surface area contributed by atoms with Gasteiger partial charge < -0.3 is 19.8 Å². The van der Waals surface area contributed by atoms with E-state index in [1.807, 2.05) is 0 Å². The molecule has 0 aliphatic carbocycles. The van der Waals surface area contributed by atoms with E-state index in [-0.39, 0.29) is 17.6 Å². The second kappa shape index (κ2) is 5.88. The van der Waals surface area contributed by atoms with Crippen molar-refractivity contribution < 1.29 is 23.6 Å². The Labute approximate surface area is 111 Å². The molecule has 1 saturated heterocycles. The van der Waals surface area contributed by atoms with Crippen molar-refractivity contribution in [3.05, 3.63) is 23.7 Å². The Morgan fingerprint density at radius 2 is 2.11 bits per heavy atom. The molecular formula is C13H19N2O4+. The van der Waals surface area contributed by atoms with E-state index in [0.29, 0.717) is 6.54 Å². The maximum Gasteiger partial charge on any atom is 0.373 e. The van der Waals surface area contributed by atoms with Crippen molar-refractivity contribution in [2.45, 2.75) is 19.4 Å². The second-order valence-corrected chi connectivity index (χ2v) is 4.86. The quantitative estimate of drug-likeness (QED) is 0.709. The van der Waals surface area contributed by atoms with Crippen LogP contribution in [0.15, 0.2) is 16.5 Å². The molecule has 0 aromatic carbocycles. The molecule has 0 atom stereocenters. The van der Waals surface area contributed by atoms with Crippen molar-refractivity contribution in [3.8, 4) is 0 Å². The molecule has 6 nitrogen and oxygen atoms in total. The molecule has 6 heteroatoms. The smallest absolute Gasteiger partial charge is 0.373 e. The third-order valence-corrected chi connectivity index (χ3v) is 3.57. The number of carbonyl (C=O) groups is 2. The van der Waals surface area contributed by atoms with Crippen LogP contribution in [0.25, 0.3) is 0 Å². The lowest BCUT2D eigenvalue weighted by Gasteiger charge is -2.26. The fraction of sp³-hybridized carbons (Fsp3) is 0.538. The number of esters is 1. The van der Waals surface area contributed by atoms with Crippen molar-refractivity contribution in [1.29, 1.82) is 0 Å². The highest BCUT2D eigenvalue weighted by Gasteiger charge is 2.26. The number of nitrogens with one attached hydrogen (secondary N) is 1. The number of methoxy groups -OCH3 is 1. The lowest BCUT2D eigenvalue weighted by molar-refractivity contribution is -0.920. The Morgan fingerprint density at radius 1 is 1.42 bits per heavy atom. The van der Waals surface area contributed by atoms with Gasteiger partial charge in [0, 0.05) is 18.8 Å². The van der Waals surface area contributed by atoms with Crippen LogP contribution in [0.1, 0.15) is 29.2 Å². The largest absolute Gasteiger partial charge is 0.463 e. The van der Waals surface area contributed by atoms with E-state index in [0.717, 1.165) is 31.7 Å². The number of quaternary nitrogens is 1. The zero-order valence-corrected chi connectivity index (χ0v) is 11.0. The second-order valence-electron chi connectivity index (χ2n) is 4.86. The van der Waals surface area contributed by atoms with Gasteiger partial charge in [-0.15, -0.1) is 0 Å². The highest BCUT2D eigenvalue weighted by molar-refractivity contribution is 5.86. The summed E-state index contributed by atoms with van der Waals surface area (Å²) in [7, 11) is 1.32. The molecule has 2 rings (SSSR count). The first kappa shape index (κ1) is 13.6. The van der Waals surface area contributed by atoms with Crippen LogP contribution in [0.4, 0.5) is 0 Å². The Hall–Kier alpha value is -1.82. The van der Waals surface area contributed by atoms with E-state index in [2.05, 4.69) is 4.74 Å². The number of likely N-dealkylation sites (tertiary alicyclic amines) is 1. The van der Waals surface area contributed by atoms with E-state index in [1.54, 1.807) is 12.1 Å². The summed E-state index contributed by atoms with van der Waals surface area (Å²) in [6.45, 7) is 2.49. The molecule has 0 spiro atoms. The summed E-state index contributed by atoms with van der Waals surface area (Å²) < 4.78 is 10.0. The van der Waals surface area contributed by atoms with E-state index in [9.17, 15) is 9.59 Å². The number of rotatable bonds is 4. The van der Waals surface area contributed by atoms with Gasteiger partial charge in [0.05, 0.1) is 20.2 Å². The van der Waals surface area contributed by atoms with Gasteiger partial charge in [0.2, 0.25) is 11.7 Å². The number of furan rings is 1. The minimum absolute atomic E-state index is 0.00554. The molecule has 19 heavy (non-hydrogen) atoms. The molecule has 3 N–H and O–H groups in total. The summed E-state index contributed by atoms with van der Waals surface area (Å²) in [5.41, 5.74) is 5.30. The minimum atomic E-state index is -0.464. The predicted molar refractivity (Wildman–Crippen MR) is 66.4 cm³/mol. The Morgan fingerprint density at radius 3 is 2.68 bits per heavy atom. The molecule has 1 aliphatic heterocycles. The SMILES string of the molecule is COC(=O)c1ccc(C[NH+]2CCC(C(N)=O)CC2)o1. The molecule has 1 aromatic rings. The van der Waals surface area contributed by atoms with Gasteiger partial charge in [0.25, 0.3) is 0 Å². The summed E-state index contributed by atoms with van der Waals surface area (Å²) in [6.07, 6.45) is 1.63. The van der Waals surface area contributed by atoms with Crippen LogP contribution in [0.5, 0.6) is 0 Å². The van der Waals surface area contributed by atoms with E-state index >= 15 is 0 Å². The predicted octanol–water partition coefficient (Wildman–Crippen LogP) is -0.654. The average molecular weight is 267 g/mol. The fourth-order valence-corrected chi connectivity index (χ4v) is 2.42. The molecule has 0 saturated carbocycles. The molecule has 2 heterocycles. The topological polar surface area (TPSA) is 87.0 Å². The molecular weight excluding hydrogens is 248 g/mol. The van der Waals surface area contributed by atoms with Gasteiger partial charge in [0.1, 0.15) is 6.54 Å². The monoisotopic (exact) mass is 267 g/mol. The van der Waals surface area contributed by atoms with E-state index < -0.39 is 5.97 Å². The zero-order valence-electron chi connectivity index (χ0n) is 11.0. The highest BCUT2D eigenvalue weighted by atomic mass is 16.5. The van der Waals surface area contributed by atoms with Crippen LogP contribution in [-0.4, -0.2) is 32.1 Å². The van der Waals surface area contributed by atoms with Crippen molar-refractivity contribution in [2.75, 3.05) is 20.2 Å².